The van der Waals surface area contributed by atoms with Gasteiger partial charge in [0.2, 0.25) is 0 Å². The van der Waals surface area contributed by atoms with Crippen LogP contribution in [-0.4, -0.2) is 91.3 Å². The molecule has 202 valence electrons. The van der Waals surface area contributed by atoms with E-state index in [9.17, 15) is 18.0 Å². The standard InChI is InChI=1S/C24H32F3N7O3/c1-15-10-29-21(12-28-15)33-7-4-18(5-8-33)34-9-6-20(23(34)35)37-14-17(13-36-3)31-19-11-30-32-16(2)22(19)24(25,26)27/h10-12,17-18,20,31-32H,2,4-9,13-14H2,1,3H3/t17-,20?/m0/s1. The molecule has 0 saturated carbocycles. The molecule has 1 amide bonds. The van der Waals surface area contributed by atoms with Gasteiger partial charge in [-0.1, -0.05) is 6.58 Å². The van der Waals surface area contributed by atoms with Gasteiger partial charge in [0, 0.05) is 39.2 Å². The highest BCUT2D eigenvalue weighted by atomic mass is 19.4. The van der Waals surface area contributed by atoms with Crippen LogP contribution in [0.4, 0.5) is 19.0 Å². The number of carbonyl (C=O) groups excluding carboxylic acids is 1. The van der Waals surface area contributed by atoms with Gasteiger partial charge in [-0.2, -0.15) is 18.3 Å². The molecule has 1 aromatic rings. The fraction of sp³-hybridized carbons (Fsp3) is 0.583. The zero-order valence-corrected chi connectivity index (χ0v) is 20.9. The highest BCUT2D eigenvalue weighted by Gasteiger charge is 2.41. The minimum atomic E-state index is -4.62. The first-order chi connectivity index (χ1) is 17.7. The molecule has 2 saturated heterocycles. The fourth-order valence-corrected chi connectivity index (χ4v) is 4.82. The quantitative estimate of drug-likeness (QED) is 0.506. The van der Waals surface area contributed by atoms with Crippen LogP contribution in [0, 0.1) is 6.92 Å². The van der Waals surface area contributed by atoms with E-state index in [1.807, 2.05) is 11.8 Å². The Labute approximate surface area is 213 Å². The number of alkyl halides is 3. The summed E-state index contributed by atoms with van der Waals surface area (Å²) in [6.45, 7) is 7.49. The summed E-state index contributed by atoms with van der Waals surface area (Å²) in [5, 5.41) is 6.51. The highest BCUT2D eigenvalue weighted by Crippen LogP contribution is 2.32. The van der Waals surface area contributed by atoms with Crippen molar-refractivity contribution in [2.45, 2.75) is 50.6 Å². The van der Waals surface area contributed by atoms with Gasteiger partial charge in [-0.05, 0) is 19.8 Å². The van der Waals surface area contributed by atoms with Gasteiger partial charge in [0.1, 0.15) is 17.5 Å². The van der Waals surface area contributed by atoms with Crippen molar-refractivity contribution in [2.75, 3.05) is 44.9 Å². The number of allylic oxidation sites excluding steroid dienone is 2. The van der Waals surface area contributed by atoms with E-state index in [0.717, 1.165) is 43.7 Å². The molecule has 2 N–H and O–H groups in total. The number of amides is 1. The van der Waals surface area contributed by atoms with Crippen LogP contribution in [0.3, 0.4) is 0 Å². The molecule has 0 aliphatic carbocycles. The summed E-state index contributed by atoms with van der Waals surface area (Å²) in [5.74, 6) is 0.748. The monoisotopic (exact) mass is 523 g/mol. The summed E-state index contributed by atoms with van der Waals surface area (Å²) >= 11 is 0. The largest absolute Gasteiger partial charge is 0.420 e. The van der Waals surface area contributed by atoms with Crippen molar-refractivity contribution in [1.82, 2.24) is 25.6 Å². The molecule has 10 nitrogen and oxygen atoms in total. The third-order valence-corrected chi connectivity index (χ3v) is 6.66. The van der Waals surface area contributed by atoms with Crippen molar-refractivity contribution in [3.05, 3.63) is 41.6 Å². The lowest BCUT2D eigenvalue weighted by Crippen LogP contribution is -2.47. The van der Waals surface area contributed by atoms with E-state index in [0.29, 0.717) is 13.0 Å². The number of likely N-dealkylation sites (tertiary alicyclic amines) is 1. The zero-order valence-electron chi connectivity index (χ0n) is 20.9. The van der Waals surface area contributed by atoms with Gasteiger partial charge in [0.05, 0.1) is 55.0 Å². The third kappa shape index (κ3) is 6.39. The van der Waals surface area contributed by atoms with Gasteiger partial charge in [-0.3, -0.25) is 15.2 Å². The van der Waals surface area contributed by atoms with Crippen molar-refractivity contribution in [1.29, 1.82) is 0 Å². The second kappa shape index (κ2) is 11.5. The second-order valence-electron chi connectivity index (χ2n) is 9.31. The maximum Gasteiger partial charge on any atom is 0.420 e. The molecule has 0 radical (unpaired) electrons. The minimum Gasteiger partial charge on any atom is -0.382 e. The number of nitrogens with zero attached hydrogens (tertiary/aromatic N) is 5. The molecule has 2 atom stereocenters. The van der Waals surface area contributed by atoms with Crippen LogP contribution < -0.4 is 15.6 Å². The molecule has 4 heterocycles. The average Bonchev–Trinajstić information content (AvgIpc) is 3.22. The summed E-state index contributed by atoms with van der Waals surface area (Å²) in [7, 11) is 1.44. The van der Waals surface area contributed by atoms with Gasteiger partial charge in [-0.15, -0.1) is 0 Å². The predicted molar refractivity (Wildman–Crippen MR) is 131 cm³/mol. The Balaban J connectivity index is 1.31. The van der Waals surface area contributed by atoms with Gasteiger partial charge < -0.3 is 24.6 Å². The van der Waals surface area contributed by atoms with Crippen LogP contribution in [0.25, 0.3) is 0 Å². The van der Waals surface area contributed by atoms with Crippen molar-refractivity contribution < 1.29 is 27.4 Å². The van der Waals surface area contributed by atoms with Crippen molar-refractivity contribution in [3.8, 4) is 0 Å². The number of ether oxygens (including phenoxy) is 2. The molecule has 2 fully saturated rings. The maximum absolute atomic E-state index is 13.5. The summed E-state index contributed by atoms with van der Waals surface area (Å²) in [6, 6.07) is -0.518. The van der Waals surface area contributed by atoms with Crippen LogP contribution in [-0.2, 0) is 14.3 Å². The van der Waals surface area contributed by atoms with Gasteiger partial charge >= 0.3 is 6.18 Å². The van der Waals surface area contributed by atoms with Crippen molar-refractivity contribution in [3.63, 3.8) is 0 Å². The Kier molecular flexibility index (Phi) is 8.32. The molecule has 37 heavy (non-hydrogen) atoms. The summed E-state index contributed by atoms with van der Waals surface area (Å²) in [6.07, 6.45) is 1.45. The Morgan fingerprint density at radius 3 is 2.59 bits per heavy atom. The topological polar surface area (TPSA) is 104 Å². The Bertz CT molecular complexity index is 1040. The molecule has 1 unspecified atom stereocenters. The second-order valence-corrected chi connectivity index (χ2v) is 9.31. The number of hydrogen-bond donors (Lipinski definition) is 2. The van der Waals surface area contributed by atoms with E-state index >= 15 is 0 Å². The number of halogens is 3. The maximum atomic E-state index is 13.5. The Morgan fingerprint density at radius 2 is 1.95 bits per heavy atom. The molecule has 1 aromatic heterocycles. The van der Waals surface area contributed by atoms with E-state index < -0.39 is 23.9 Å². The van der Waals surface area contributed by atoms with Crippen LogP contribution in [0.5, 0.6) is 0 Å². The lowest BCUT2D eigenvalue weighted by atomic mass is 10.0. The number of nitrogens with one attached hydrogen (secondary N) is 2. The molecular formula is C24H32F3N7O3. The number of methoxy groups -OCH3 is 1. The molecule has 3 aliphatic rings. The predicted octanol–water partition coefficient (Wildman–Crippen LogP) is 1.90. The summed E-state index contributed by atoms with van der Waals surface area (Å²) in [4.78, 5) is 25.9. The van der Waals surface area contributed by atoms with Crippen molar-refractivity contribution >= 4 is 17.9 Å². The summed E-state index contributed by atoms with van der Waals surface area (Å²) in [5.41, 5.74) is 1.59. The summed E-state index contributed by atoms with van der Waals surface area (Å²) < 4.78 is 51.7. The number of aromatic nitrogens is 2. The lowest BCUT2D eigenvalue weighted by Gasteiger charge is -2.37. The molecule has 13 heteroatoms. The van der Waals surface area contributed by atoms with E-state index in [-0.39, 0.29) is 36.6 Å². The number of piperidine rings is 1. The van der Waals surface area contributed by atoms with Crippen LogP contribution >= 0.6 is 0 Å². The van der Waals surface area contributed by atoms with Gasteiger partial charge in [0.25, 0.3) is 5.91 Å². The van der Waals surface area contributed by atoms with E-state index in [4.69, 9.17) is 9.47 Å². The number of hydrogen-bond acceptors (Lipinski definition) is 9. The molecule has 3 aliphatic heterocycles. The number of anilines is 1. The van der Waals surface area contributed by atoms with Gasteiger partial charge in [0.15, 0.2) is 0 Å². The van der Waals surface area contributed by atoms with E-state index in [1.54, 1.807) is 12.4 Å². The van der Waals surface area contributed by atoms with Crippen LogP contribution in [0.15, 0.2) is 41.0 Å². The molecule has 4 rings (SSSR count). The average molecular weight is 524 g/mol. The SMILES string of the molecule is C=C1NN=CC(N[C@@H](COC)COC2CCN(C3CCN(c4cnc(C)cn4)CC3)C2=O)=C1C(F)(F)F. The molecule has 0 spiro atoms. The Hall–Kier alpha value is -3.19. The molecular weight excluding hydrogens is 491 g/mol. The number of hydrazone groups is 1. The van der Waals surface area contributed by atoms with Gasteiger partial charge in [-0.25, -0.2) is 4.98 Å². The lowest BCUT2D eigenvalue weighted by molar-refractivity contribution is -0.140. The third-order valence-electron chi connectivity index (χ3n) is 6.66. The first-order valence-corrected chi connectivity index (χ1v) is 12.2. The fourth-order valence-electron chi connectivity index (χ4n) is 4.82. The number of carbonyl (C=O) groups is 1. The van der Waals surface area contributed by atoms with Crippen LogP contribution in [0.2, 0.25) is 0 Å². The number of rotatable bonds is 9. The number of aryl methyl sites for hydroxylation is 1. The van der Waals surface area contributed by atoms with Crippen LogP contribution in [0.1, 0.15) is 25.0 Å². The molecule has 0 bridgehead atoms. The normalized spacial score (nSPS) is 22.0. The first-order valence-electron chi connectivity index (χ1n) is 12.2. The zero-order chi connectivity index (χ0) is 26.6. The smallest absolute Gasteiger partial charge is 0.382 e. The van der Waals surface area contributed by atoms with E-state index in [2.05, 4.69) is 37.3 Å². The van der Waals surface area contributed by atoms with Crippen molar-refractivity contribution in [2.24, 2.45) is 5.10 Å². The minimum absolute atomic E-state index is 0.00892. The Morgan fingerprint density at radius 1 is 1.19 bits per heavy atom. The van der Waals surface area contributed by atoms with E-state index in [1.165, 1.54) is 7.11 Å². The molecule has 0 aromatic carbocycles. The highest BCUT2D eigenvalue weighted by molar-refractivity contribution is 5.83. The first kappa shape index (κ1) is 26.9.